The lowest BCUT2D eigenvalue weighted by Gasteiger charge is -2.32. The molecule has 26 heavy (non-hydrogen) atoms. The third-order valence-electron chi connectivity index (χ3n) is 5.60. The molecule has 0 radical (unpaired) electrons. The lowest BCUT2D eigenvalue weighted by atomic mass is 10.1. The Hall–Kier alpha value is -1.46. The van der Waals surface area contributed by atoms with Gasteiger partial charge in [0, 0.05) is 42.9 Å². The van der Waals surface area contributed by atoms with Gasteiger partial charge in [0.15, 0.2) is 0 Å². The molecule has 2 saturated heterocycles. The third-order valence-corrected chi connectivity index (χ3v) is 5.85. The third kappa shape index (κ3) is 5.52. The maximum Gasteiger partial charge on any atom is 0.314 e. The largest absolute Gasteiger partial charge is 0.371 e. The summed E-state index contributed by atoms with van der Waals surface area (Å²) >= 11 is 5.96. The molecule has 2 heterocycles. The van der Waals surface area contributed by atoms with E-state index in [4.69, 9.17) is 11.6 Å². The number of hydrogen-bond acceptors (Lipinski definition) is 3. The van der Waals surface area contributed by atoms with E-state index in [1.54, 1.807) is 0 Å². The first-order chi connectivity index (χ1) is 12.6. The second-order valence-electron chi connectivity index (χ2n) is 7.61. The van der Waals surface area contributed by atoms with Crippen molar-refractivity contribution in [1.29, 1.82) is 0 Å². The Balaban J connectivity index is 1.34. The standard InChI is InChI=1S/C20H31ClN4O/c1-16(24-10-3-2-4-11-24)13-22-20(26)23-14-17-9-12-25(15-17)19-7-5-18(21)6-8-19/h5-8,16-17H,2-4,9-15H2,1H3,(H2,22,23,26)/t16-,17+/m1/s1. The van der Waals surface area contributed by atoms with E-state index in [2.05, 4.69) is 39.5 Å². The van der Waals surface area contributed by atoms with Crippen LogP contribution in [0.4, 0.5) is 10.5 Å². The van der Waals surface area contributed by atoms with Gasteiger partial charge in [-0.3, -0.25) is 4.90 Å². The molecule has 0 saturated carbocycles. The first-order valence-corrected chi connectivity index (χ1v) is 10.3. The van der Waals surface area contributed by atoms with Gasteiger partial charge in [-0.2, -0.15) is 0 Å². The number of benzene rings is 1. The van der Waals surface area contributed by atoms with Gasteiger partial charge in [0.05, 0.1) is 0 Å². The minimum atomic E-state index is -0.0428. The van der Waals surface area contributed by atoms with Crippen LogP contribution in [0.5, 0.6) is 0 Å². The molecule has 1 aromatic rings. The van der Waals surface area contributed by atoms with Crippen molar-refractivity contribution in [2.24, 2.45) is 5.92 Å². The highest BCUT2D eigenvalue weighted by molar-refractivity contribution is 6.30. The minimum Gasteiger partial charge on any atom is -0.371 e. The maximum atomic E-state index is 12.1. The number of rotatable bonds is 6. The summed E-state index contributed by atoms with van der Waals surface area (Å²) < 4.78 is 0. The second kappa shape index (κ2) is 9.47. The number of nitrogens with one attached hydrogen (secondary N) is 2. The normalized spacial score (nSPS) is 22.2. The average Bonchev–Trinajstić information content (AvgIpc) is 3.14. The van der Waals surface area contributed by atoms with Crippen molar-refractivity contribution in [3.63, 3.8) is 0 Å². The van der Waals surface area contributed by atoms with Crippen molar-refractivity contribution in [3.8, 4) is 0 Å². The summed E-state index contributed by atoms with van der Waals surface area (Å²) in [5.41, 5.74) is 1.21. The molecule has 2 atom stereocenters. The van der Waals surface area contributed by atoms with Gasteiger partial charge in [-0.15, -0.1) is 0 Å². The number of piperidine rings is 1. The minimum absolute atomic E-state index is 0.0428. The van der Waals surface area contributed by atoms with Crippen LogP contribution < -0.4 is 15.5 Å². The Bertz CT molecular complexity index is 574. The topological polar surface area (TPSA) is 47.6 Å². The van der Waals surface area contributed by atoms with Crippen LogP contribution in [-0.2, 0) is 0 Å². The van der Waals surface area contributed by atoms with Gasteiger partial charge in [-0.25, -0.2) is 4.79 Å². The van der Waals surface area contributed by atoms with Crippen LogP contribution in [-0.4, -0.2) is 56.2 Å². The number of likely N-dealkylation sites (tertiary alicyclic amines) is 1. The molecular formula is C20H31ClN4O. The van der Waals surface area contributed by atoms with Crippen LogP contribution in [0.3, 0.4) is 0 Å². The van der Waals surface area contributed by atoms with Crippen LogP contribution in [0, 0.1) is 5.92 Å². The number of halogens is 1. The van der Waals surface area contributed by atoms with Crippen molar-refractivity contribution in [3.05, 3.63) is 29.3 Å². The smallest absolute Gasteiger partial charge is 0.314 e. The van der Waals surface area contributed by atoms with E-state index in [0.717, 1.165) is 44.2 Å². The zero-order chi connectivity index (χ0) is 18.4. The number of carbonyl (C=O) groups excluding carboxylic acids is 1. The predicted molar refractivity (Wildman–Crippen MR) is 108 cm³/mol. The Morgan fingerprint density at radius 2 is 1.88 bits per heavy atom. The van der Waals surface area contributed by atoms with Gasteiger partial charge < -0.3 is 15.5 Å². The molecule has 0 bridgehead atoms. The molecule has 144 valence electrons. The number of urea groups is 1. The molecule has 0 aliphatic carbocycles. The molecule has 0 spiro atoms. The zero-order valence-corrected chi connectivity index (χ0v) is 16.5. The van der Waals surface area contributed by atoms with Crippen molar-refractivity contribution < 1.29 is 4.79 Å². The molecule has 6 heteroatoms. The first-order valence-electron chi connectivity index (χ1n) is 9.88. The van der Waals surface area contributed by atoms with Gasteiger partial charge in [0.1, 0.15) is 0 Å². The fourth-order valence-corrected chi connectivity index (χ4v) is 4.04. The molecular weight excluding hydrogens is 348 g/mol. The van der Waals surface area contributed by atoms with E-state index >= 15 is 0 Å². The van der Waals surface area contributed by atoms with E-state index in [9.17, 15) is 4.79 Å². The molecule has 2 aliphatic rings. The fourth-order valence-electron chi connectivity index (χ4n) is 3.91. The van der Waals surface area contributed by atoms with Crippen LogP contribution in [0.2, 0.25) is 5.02 Å². The molecule has 0 unspecified atom stereocenters. The molecule has 2 N–H and O–H groups in total. The fraction of sp³-hybridized carbons (Fsp3) is 0.650. The van der Waals surface area contributed by atoms with Crippen LogP contribution >= 0.6 is 11.6 Å². The predicted octanol–water partition coefficient (Wildman–Crippen LogP) is 3.34. The number of hydrogen-bond donors (Lipinski definition) is 2. The summed E-state index contributed by atoms with van der Waals surface area (Å²) in [7, 11) is 0. The second-order valence-corrected chi connectivity index (χ2v) is 8.05. The van der Waals surface area contributed by atoms with E-state index in [0.29, 0.717) is 18.5 Å². The number of amides is 2. The lowest BCUT2D eigenvalue weighted by molar-refractivity contribution is 0.170. The van der Waals surface area contributed by atoms with Gasteiger partial charge >= 0.3 is 6.03 Å². The summed E-state index contributed by atoms with van der Waals surface area (Å²) in [6, 6.07) is 8.35. The van der Waals surface area contributed by atoms with Gasteiger partial charge in [0.25, 0.3) is 0 Å². The number of nitrogens with zero attached hydrogens (tertiary/aromatic N) is 2. The van der Waals surface area contributed by atoms with Crippen molar-refractivity contribution >= 4 is 23.3 Å². The van der Waals surface area contributed by atoms with Crippen molar-refractivity contribution in [2.45, 2.75) is 38.6 Å². The highest BCUT2D eigenvalue weighted by atomic mass is 35.5. The highest BCUT2D eigenvalue weighted by Crippen LogP contribution is 2.24. The highest BCUT2D eigenvalue weighted by Gasteiger charge is 2.23. The quantitative estimate of drug-likeness (QED) is 0.798. The Morgan fingerprint density at radius 1 is 1.15 bits per heavy atom. The van der Waals surface area contributed by atoms with E-state index < -0.39 is 0 Å². The van der Waals surface area contributed by atoms with Crippen LogP contribution in [0.25, 0.3) is 0 Å². The molecule has 2 fully saturated rings. The van der Waals surface area contributed by atoms with Gasteiger partial charge in [0.2, 0.25) is 0 Å². The monoisotopic (exact) mass is 378 g/mol. The van der Waals surface area contributed by atoms with Crippen LogP contribution in [0.15, 0.2) is 24.3 Å². The molecule has 0 aromatic heterocycles. The number of anilines is 1. The summed E-state index contributed by atoms with van der Waals surface area (Å²) in [6.45, 7) is 7.97. The van der Waals surface area contributed by atoms with Crippen LogP contribution in [0.1, 0.15) is 32.6 Å². The number of carbonyl (C=O) groups is 1. The summed E-state index contributed by atoms with van der Waals surface area (Å²) in [5.74, 6) is 0.496. The van der Waals surface area contributed by atoms with Crippen molar-refractivity contribution in [2.75, 3.05) is 44.2 Å². The van der Waals surface area contributed by atoms with Gasteiger partial charge in [-0.05, 0) is 69.5 Å². The molecule has 2 amide bonds. The summed E-state index contributed by atoms with van der Waals surface area (Å²) in [4.78, 5) is 16.9. The zero-order valence-electron chi connectivity index (χ0n) is 15.7. The van der Waals surface area contributed by atoms with E-state index in [1.807, 2.05) is 12.1 Å². The molecule has 3 rings (SSSR count). The Kier molecular flexibility index (Phi) is 7.03. The molecule has 5 nitrogen and oxygen atoms in total. The average molecular weight is 379 g/mol. The van der Waals surface area contributed by atoms with E-state index in [-0.39, 0.29) is 6.03 Å². The molecule has 2 aliphatic heterocycles. The van der Waals surface area contributed by atoms with E-state index in [1.165, 1.54) is 24.9 Å². The molecule has 1 aromatic carbocycles. The Labute approximate surface area is 162 Å². The van der Waals surface area contributed by atoms with Crippen molar-refractivity contribution in [1.82, 2.24) is 15.5 Å². The van der Waals surface area contributed by atoms with Gasteiger partial charge in [-0.1, -0.05) is 18.0 Å². The summed E-state index contributed by atoms with van der Waals surface area (Å²) in [5, 5.41) is 6.85. The summed E-state index contributed by atoms with van der Waals surface area (Å²) in [6.07, 6.45) is 5.00. The maximum absolute atomic E-state index is 12.1. The first kappa shape index (κ1) is 19.3. The lowest BCUT2D eigenvalue weighted by Crippen LogP contribution is -2.47. The SMILES string of the molecule is C[C@H](CNC(=O)NC[C@@H]1CCN(c2ccc(Cl)cc2)C1)N1CCCCC1. The Morgan fingerprint density at radius 3 is 2.62 bits per heavy atom.